The van der Waals surface area contributed by atoms with Gasteiger partial charge in [-0.1, -0.05) is 19.1 Å². The Labute approximate surface area is 108 Å². The zero-order valence-corrected chi connectivity index (χ0v) is 11.2. The summed E-state index contributed by atoms with van der Waals surface area (Å²) in [7, 11) is 0. The number of amides is 1. The first kappa shape index (κ1) is 14.6. The molecular weight excluding hydrogens is 231 g/mol. The first-order chi connectivity index (χ1) is 8.42. The van der Waals surface area contributed by atoms with Gasteiger partial charge in [0.15, 0.2) is 0 Å². The van der Waals surface area contributed by atoms with E-state index < -0.39 is 5.41 Å². The Bertz CT molecular complexity index is 416. The molecule has 0 spiro atoms. The minimum atomic E-state index is -0.568. The minimum absolute atomic E-state index is 0.0933. The van der Waals surface area contributed by atoms with Crippen molar-refractivity contribution in [2.24, 2.45) is 11.1 Å². The van der Waals surface area contributed by atoms with Gasteiger partial charge in [-0.3, -0.25) is 4.79 Å². The number of benzene rings is 1. The maximum Gasteiger partial charge on any atom is 0.227 e. The largest absolute Gasteiger partial charge is 0.349 e. The van der Waals surface area contributed by atoms with Crippen molar-refractivity contribution in [2.75, 3.05) is 6.54 Å². The van der Waals surface area contributed by atoms with E-state index in [2.05, 4.69) is 5.32 Å². The molecule has 3 nitrogen and oxygen atoms in total. The molecule has 100 valence electrons. The van der Waals surface area contributed by atoms with Gasteiger partial charge in [0.2, 0.25) is 5.91 Å². The number of halogens is 1. The second-order valence-corrected chi connectivity index (χ2v) is 4.87. The molecule has 1 unspecified atom stereocenters. The number of hydrogen-bond donors (Lipinski definition) is 2. The summed E-state index contributed by atoms with van der Waals surface area (Å²) in [6, 6.07) is 6.01. The molecule has 0 aromatic heterocycles. The van der Waals surface area contributed by atoms with Crippen molar-refractivity contribution in [2.45, 2.75) is 33.2 Å². The molecule has 2 atom stereocenters. The van der Waals surface area contributed by atoms with Crippen molar-refractivity contribution in [1.82, 2.24) is 5.32 Å². The van der Waals surface area contributed by atoms with Crippen LogP contribution in [0.15, 0.2) is 24.3 Å². The first-order valence-electron chi connectivity index (χ1n) is 6.19. The fourth-order valence-electron chi connectivity index (χ4n) is 1.63. The first-order valence-corrected chi connectivity index (χ1v) is 6.19. The van der Waals surface area contributed by atoms with Crippen molar-refractivity contribution >= 4 is 5.91 Å². The Morgan fingerprint density at radius 3 is 2.72 bits per heavy atom. The van der Waals surface area contributed by atoms with Crippen molar-refractivity contribution < 1.29 is 9.18 Å². The van der Waals surface area contributed by atoms with Crippen molar-refractivity contribution in [1.29, 1.82) is 0 Å². The predicted octanol–water partition coefficient (Wildman–Crippen LogP) is 2.38. The Hall–Kier alpha value is -1.42. The van der Waals surface area contributed by atoms with Gasteiger partial charge in [-0.25, -0.2) is 4.39 Å². The van der Waals surface area contributed by atoms with Gasteiger partial charge < -0.3 is 11.1 Å². The Kier molecular flexibility index (Phi) is 4.84. The van der Waals surface area contributed by atoms with E-state index in [1.807, 2.05) is 20.8 Å². The molecule has 1 rings (SSSR count). The standard InChI is InChI=1S/C14H21FN2O/c1-4-14(3,9-16)13(18)17-10(2)11-6-5-7-12(15)8-11/h5-8,10H,4,9,16H2,1-3H3,(H,17,18)/t10-,14?/m0/s1. The van der Waals surface area contributed by atoms with Gasteiger partial charge in [-0.2, -0.15) is 0 Å². The van der Waals surface area contributed by atoms with E-state index in [4.69, 9.17) is 5.73 Å². The fourth-order valence-corrected chi connectivity index (χ4v) is 1.63. The number of nitrogens with one attached hydrogen (secondary N) is 1. The van der Waals surface area contributed by atoms with E-state index in [9.17, 15) is 9.18 Å². The molecule has 0 aliphatic carbocycles. The van der Waals surface area contributed by atoms with Crippen LogP contribution < -0.4 is 11.1 Å². The third-order valence-corrected chi connectivity index (χ3v) is 3.48. The zero-order chi connectivity index (χ0) is 13.8. The molecule has 1 aromatic carbocycles. The monoisotopic (exact) mass is 252 g/mol. The molecule has 0 bridgehead atoms. The van der Waals surface area contributed by atoms with E-state index in [0.717, 1.165) is 5.56 Å². The quantitative estimate of drug-likeness (QED) is 0.845. The molecule has 1 aromatic rings. The molecule has 0 radical (unpaired) electrons. The van der Waals surface area contributed by atoms with Gasteiger partial charge in [0, 0.05) is 6.54 Å². The van der Waals surface area contributed by atoms with Crippen LogP contribution in [-0.4, -0.2) is 12.5 Å². The van der Waals surface area contributed by atoms with Crippen molar-refractivity contribution in [3.8, 4) is 0 Å². The molecular formula is C14H21FN2O. The van der Waals surface area contributed by atoms with Crippen LogP contribution in [0, 0.1) is 11.2 Å². The van der Waals surface area contributed by atoms with Crippen LogP contribution in [0.3, 0.4) is 0 Å². The SMILES string of the molecule is CCC(C)(CN)C(=O)N[C@@H](C)c1cccc(F)c1. The summed E-state index contributed by atoms with van der Waals surface area (Å²) in [6.07, 6.45) is 0.672. The molecule has 4 heteroatoms. The highest BCUT2D eigenvalue weighted by Gasteiger charge is 2.30. The number of carbonyl (C=O) groups excluding carboxylic acids is 1. The van der Waals surface area contributed by atoms with E-state index in [1.54, 1.807) is 12.1 Å². The van der Waals surface area contributed by atoms with Crippen LogP contribution >= 0.6 is 0 Å². The highest BCUT2D eigenvalue weighted by Crippen LogP contribution is 2.22. The summed E-state index contributed by atoms with van der Waals surface area (Å²) < 4.78 is 13.1. The van der Waals surface area contributed by atoms with Gasteiger partial charge in [-0.15, -0.1) is 0 Å². The minimum Gasteiger partial charge on any atom is -0.349 e. The molecule has 3 N–H and O–H groups in total. The average Bonchev–Trinajstić information content (AvgIpc) is 2.37. The van der Waals surface area contributed by atoms with E-state index >= 15 is 0 Å². The molecule has 18 heavy (non-hydrogen) atoms. The van der Waals surface area contributed by atoms with Crippen molar-refractivity contribution in [3.63, 3.8) is 0 Å². The maximum atomic E-state index is 13.1. The number of nitrogens with two attached hydrogens (primary N) is 1. The van der Waals surface area contributed by atoms with Gasteiger partial charge in [-0.05, 0) is 38.0 Å². The molecule has 0 aliphatic rings. The lowest BCUT2D eigenvalue weighted by molar-refractivity contribution is -0.130. The van der Waals surface area contributed by atoms with E-state index in [0.29, 0.717) is 13.0 Å². The summed E-state index contributed by atoms with van der Waals surface area (Å²) in [5, 5.41) is 2.88. The van der Waals surface area contributed by atoms with Crippen LogP contribution in [0.5, 0.6) is 0 Å². The highest BCUT2D eigenvalue weighted by molar-refractivity contribution is 5.82. The van der Waals surface area contributed by atoms with Crippen LogP contribution in [0.4, 0.5) is 4.39 Å². The topological polar surface area (TPSA) is 55.1 Å². The number of hydrogen-bond acceptors (Lipinski definition) is 2. The maximum absolute atomic E-state index is 13.1. The van der Waals surface area contributed by atoms with E-state index in [1.165, 1.54) is 12.1 Å². The van der Waals surface area contributed by atoms with Gasteiger partial charge in [0.05, 0.1) is 11.5 Å². The summed E-state index contributed by atoms with van der Waals surface area (Å²) >= 11 is 0. The van der Waals surface area contributed by atoms with Gasteiger partial charge in [0.1, 0.15) is 5.82 Å². The summed E-state index contributed by atoms with van der Waals surface area (Å²) in [5.41, 5.74) is 5.82. The van der Waals surface area contributed by atoms with Crippen LogP contribution in [0.2, 0.25) is 0 Å². The lowest BCUT2D eigenvalue weighted by Gasteiger charge is -2.27. The molecule has 0 heterocycles. The summed E-state index contributed by atoms with van der Waals surface area (Å²) in [4.78, 5) is 12.1. The van der Waals surface area contributed by atoms with Crippen LogP contribution in [0.25, 0.3) is 0 Å². The van der Waals surface area contributed by atoms with E-state index in [-0.39, 0.29) is 17.8 Å². The van der Waals surface area contributed by atoms with Crippen LogP contribution in [-0.2, 0) is 4.79 Å². The molecule has 1 amide bonds. The van der Waals surface area contributed by atoms with Crippen molar-refractivity contribution in [3.05, 3.63) is 35.6 Å². The summed E-state index contributed by atoms with van der Waals surface area (Å²) in [6.45, 7) is 5.89. The predicted molar refractivity (Wildman–Crippen MR) is 70.4 cm³/mol. The third-order valence-electron chi connectivity index (χ3n) is 3.48. The molecule has 0 saturated heterocycles. The van der Waals surface area contributed by atoms with Gasteiger partial charge in [0.25, 0.3) is 0 Å². The second kappa shape index (κ2) is 5.96. The zero-order valence-electron chi connectivity index (χ0n) is 11.2. The second-order valence-electron chi connectivity index (χ2n) is 4.87. The lowest BCUT2D eigenvalue weighted by atomic mass is 9.86. The fraction of sp³-hybridized carbons (Fsp3) is 0.500. The smallest absolute Gasteiger partial charge is 0.227 e. The number of carbonyl (C=O) groups is 1. The Morgan fingerprint density at radius 2 is 2.22 bits per heavy atom. The average molecular weight is 252 g/mol. The third kappa shape index (κ3) is 3.29. The Morgan fingerprint density at radius 1 is 1.56 bits per heavy atom. The molecule has 0 aliphatic heterocycles. The number of rotatable bonds is 5. The highest BCUT2D eigenvalue weighted by atomic mass is 19.1. The van der Waals surface area contributed by atoms with Gasteiger partial charge >= 0.3 is 0 Å². The van der Waals surface area contributed by atoms with Crippen LogP contribution in [0.1, 0.15) is 38.8 Å². The Balaban J connectivity index is 2.76. The lowest BCUT2D eigenvalue weighted by Crippen LogP contribution is -2.44. The molecule has 0 saturated carbocycles. The normalized spacial score (nSPS) is 15.8. The molecule has 0 fully saturated rings. The summed E-state index contributed by atoms with van der Waals surface area (Å²) in [5.74, 6) is -0.394.